The summed E-state index contributed by atoms with van der Waals surface area (Å²) in [5.74, 6) is 0.738. The summed E-state index contributed by atoms with van der Waals surface area (Å²) >= 11 is 0. The zero-order chi connectivity index (χ0) is 16.2. The Bertz CT molecular complexity index is 770. The maximum atomic E-state index is 11.6. The van der Waals surface area contributed by atoms with Gasteiger partial charge in [-0.1, -0.05) is 17.8 Å². The molecule has 0 radical (unpaired) electrons. The molecule has 0 bridgehead atoms. The number of nitroso groups, excluding NO2 is 1. The zero-order valence-electron chi connectivity index (χ0n) is 13.0. The Morgan fingerprint density at radius 3 is 3.00 bits per heavy atom. The number of nitrogens with one attached hydrogen (secondary N) is 1. The number of rotatable bonds is 5. The van der Waals surface area contributed by atoms with Gasteiger partial charge in [-0.15, -0.1) is 0 Å². The highest BCUT2D eigenvalue weighted by atomic mass is 16.5. The number of hydrogen-bond donors (Lipinski definition) is 1. The van der Waals surface area contributed by atoms with Crippen LogP contribution in [-0.4, -0.2) is 18.1 Å². The van der Waals surface area contributed by atoms with Gasteiger partial charge in [0.1, 0.15) is 11.8 Å². The van der Waals surface area contributed by atoms with Crippen molar-refractivity contribution in [2.75, 3.05) is 7.11 Å². The Kier molecular flexibility index (Phi) is 4.37. The zero-order valence-corrected chi connectivity index (χ0v) is 13.0. The number of pyridine rings is 1. The normalized spacial score (nSPS) is 18.7. The predicted molar refractivity (Wildman–Crippen MR) is 91.3 cm³/mol. The lowest BCUT2D eigenvalue weighted by Gasteiger charge is -2.27. The van der Waals surface area contributed by atoms with Crippen LogP contribution in [-0.2, 0) is 0 Å². The van der Waals surface area contributed by atoms with Crippen molar-refractivity contribution in [2.24, 2.45) is 5.18 Å². The van der Waals surface area contributed by atoms with Crippen molar-refractivity contribution in [2.45, 2.75) is 24.9 Å². The van der Waals surface area contributed by atoms with E-state index in [1.54, 1.807) is 13.3 Å². The van der Waals surface area contributed by atoms with E-state index in [1.165, 1.54) is 0 Å². The van der Waals surface area contributed by atoms with Crippen LogP contribution in [0.5, 0.6) is 5.75 Å². The Labute approximate surface area is 135 Å². The first-order valence-electron chi connectivity index (χ1n) is 7.59. The van der Waals surface area contributed by atoms with Crippen LogP contribution in [0.1, 0.15) is 24.4 Å². The third-order valence-electron chi connectivity index (χ3n) is 4.28. The number of nitrogens with zero attached hydrogens (tertiary/aromatic N) is 2. The molecule has 0 aliphatic carbocycles. The van der Waals surface area contributed by atoms with E-state index >= 15 is 0 Å². The molecule has 0 fully saturated rings. The summed E-state index contributed by atoms with van der Waals surface area (Å²) in [6.07, 6.45) is 7.19. The van der Waals surface area contributed by atoms with Crippen LogP contribution in [0.3, 0.4) is 0 Å². The summed E-state index contributed by atoms with van der Waals surface area (Å²) in [5.41, 5.74) is 2.85. The van der Waals surface area contributed by atoms with E-state index in [2.05, 4.69) is 22.1 Å². The Hall–Kier alpha value is -2.69. The number of allylic oxidation sites excluding steroid dienone is 2. The van der Waals surface area contributed by atoms with Gasteiger partial charge in [0.05, 0.1) is 18.7 Å². The maximum absolute atomic E-state index is 11.6. The quantitative estimate of drug-likeness (QED) is 0.852. The second-order valence-corrected chi connectivity index (χ2v) is 5.57. The topological polar surface area (TPSA) is 63.6 Å². The number of hydrogen-bond acceptors (Lipinski definition) is 5. The highest BCUT2D eigenvalue weighted by molar-refractivity contribution is 5.84. The summed E-state index contributed by atoms with van der Waals surface area (Å²) in [6, 6.07) is 7.01. The molecule has 0 saturated heterocycles. The van der Waals surface area contributed by atoms with Gasteiger partial charge in [0.2, 0.25) is 0 Å². The van der Waals surface area contributed by atoms with Crippen molar-refractivity contribution in [3.8, 4) is 5.75 Å². The van der Waals surface area contributed by atoms with E-state index < -0.39 is 6.04 Å². The van der Waals surface area contributed by atoms with Gasteiger partial charge in [0.15, 0.2) is 0 Å². The molecule has 2 aromatic rings. The number of benzene rings is 1. The van der Waals surface area contributed by atoms with Crippen molar-refractivity contribution >= 4 is 10.9 Å². The molecule has 2 heterocycles. The fourth-order valence-electron chi connectivity index (χ4n) is 2.98. The molecule has 1 N–H and O–H groups in total. The highest BCUT2D eigenvalue weighted by Crippen LogP contribution is 2.33. The fraction of sp³-hybridized carbons (Fsp3) is 0.278. The largest absolute Gasteiger partial charge is 0.497 e. The lowest BCUT2D eigenvalue weighted by molar-refractivity contribution is 0.415. The molecular weight excluding hydrogens is 290 g/mol. The molecule has 2 atom stereocenters. The molecule has 1 aliphatic heterocycles. The summed E-state index contributed by atoms with van der Waals surface area (Å²) in [7, 11) is 1.62. The molecule has 1 unspecified atom stereocenters. The van der Waals surface area contributed by atoms with Gasteiger partial charge in [-0.2, -0.15) is 4.91 Å². The molecule has 118 valence electrons. The predicted octanol–water partition coefficient (Wildman–Crippen LogP) is 3.87. The lowest BCUT2D eigenvalue weighted by Crippen LogP contribution is -2.33. The summed E-state index contributed by atoms with van der Waals surface area (Å²) in [6.45, 7) is 3.78. The van der Waals surface area contributed by atoms with Crippen molar-refractivity contribution in [1.29, 1.82) is 0 Å². The van der Waals surface area contributed by atoms with Crippen LogP contribution in [0.15, 0.2) is 60.1 Å². The van der Waals surface area contributed by atoms with Crippen molar-refractivity contribution in [3.05, 3.63) is 65.4 Å². The average Bonchev–Trinajstić information content (AvgIpc) is 2.62. The van der Waals surface area contributed by atoms with E-state index in [9.17, 15) is 4.91 Å². The molecule has 3 rings (SSSR count). The van der Waals surface area contributed by atoms with Gasteiger partial charge in [-0.3, -0.25) is 4.98 Å². The molecular formula is C18H19N3O2. The van der Waals surface area contributed by atoms with Gasteiger partial charge in [0, 0.05) is 11.6 Å². The van der Waals surface area contributed by atoms with Crippen LogP contribution in [0, 0.1) is 4.91 Å². The SMILES string of the molecule is C=CC1=CN[C@H](C(N=O)c2ccnc3ccc(OC)cc23)CC1. The smallest absolute Gasteiger partial charge is 0.138 e. The summed E-state index contributed by atoms with van der Waals surface area (Å²) < 4.78 is 5.29. The van der Waals surface area contributed by atoms with Gasteiger partial charge in [-0.25, -0.2) is 0 Å². The van der Waals surface area contributed by atoms with E-state index in [1.807, 2.05) is 36.5 Å². The Morgan fingerprint density at radius 2 is 2.35 bits per heavy atom. The van der Waals surface area contributed by atoms with Crippen LogP contribution in [0.4, 0.5) is 0 Å². The summed E-state index contributed by atoms with van der Waals surface area (Å²) in [5, 5.41) is 7.59. The van der Waals surface area contributed by atoms with Crippen molar-refractivity contribution < 1.29 is 4.74 Å². The monoisotopic (exact) mass is 309 g/mol. The van der Waals surface area contributed by atoms with Crippen molar-refractivity contribution in [1.82, 2.24) is 10.3 Å². The second kappa shape index (κ2) is 6.60. The fourth-order valence-corrected chi connectivity index (χ4v) is 2.98. The van der Waals surface area contributed by atoms with Crippen LogP contribution in [0.25, 0.3) is 10.9 Å². The number of fused-ring (bicyclic) bond motifs is 1. The van der Waals surface area contributed by atoms with Gasteiger partial charge in [0.25, 0.3) is 0 Å². The number of methoxy groups -OCH3 is 1. The molecule has 5 nitrogen and oxygen atoms in total. The molecule has 5 heteroatoms. The first-order valence-corrected chi connectivity index (χ1v) is 7.59. The number of ether oxygens (including phenoxy) is 1. The molecule has 1 aliphatic rings. The summed E-state index contributed by atoms with van der Waals surface area (Å²) in [4.78, 5) is 15.9. The second-order valence-electron chi connectivity index (χ2n) is 5.57. The van der Waals surface area contributed by atoms with Gasteiger partial charge < -0.3 is 10.1 Å². The van der Waals surface area contributed by atoms with Crippen LogP contribution >= 0.6 is 0 Å². The van der Waals surface area contributed by atoms with Crippen LogP contribution in [0.2, 0.25) is 0 Å². The lowest BCUT2D eigenvalue weighted by atomic mass is 9.91. The molecule has 0 saturated carbocycles. The van der Waals surface area contributed by atoms with E-state index in [4.69, 9.17) is 4.74 Å². The van der Waals surface area contributed by atoms with Gasteiger partial charge in [-0.05, 0) is 54.4 Å². The highest BCUT2D eigenvalue weighted by Gasteiger charge is 2.27. The molecule has 1 aromatic heterocycles. The maximum Gasteiger partial charge on any atom is 0.138 e. The third kappa shape index (κ3) is 2.95. The van der Waals surface area contributed by atoms with Gasteiger partial charge >= 0.3 is 0 Å². The first kappa shape index (κ1) is 15.2. The Morgan fingerprint density at radius 1 is 1.48 bits per heavy atom. The minimum Gasteiger partial charge on any atom is -0.497 e. The first-order chi connectivity index (χ1) is 11.3. The minimum absolute atomic E-state index is 0.0343. The number of aromatic nitrogens is 1. The van der Waals surface area contributed by atoms with E-state index in [-0.39, 0.29) is 6.04 Å². The standard InChI is InChI=1S/C18H19N3O2/c1-3-12-4-6-17(20-11-12)18(21-22)14-8-9-19-16-7-5-13(23-2)10-15(14)16/h3,5,7-11,17-18,20H,1,4,6H2,2H3/t17-,18?/m0/s1. The molecule has 1 aromatic carbocycles. The average molecular weight is 309 g/mol. The third-order valence-corrected chi connectivity index (χ3v) is 4.28. The molecule has 0 amide bonds. The van der Waals surface area contributed by atoms with Crippen molar-refractivity contribution in [3.63, 3.8) is 0 Å². The Balaban J connectivity index is 2.01. The minimum atomic E-state index is -0.477. The van der Waals surface area contributed by atoms with E-state index in [0.717, 1.165) is 40.6 Å². The van der Waals surface area contributed by atoms with Crippen LogP contribution < -0.4 is 10.1 Å². The molecule has 23 heavy (non-hydrogen) atoms. The van der Waals surface area contributed by atoms with E-state index in [0.29, 0.717) is 0 Å². The molecule has 0 spiro atoms.